The second-order valence-corrected chi connectivity index (χ2v) is 4.51. The minimum absolute atomic E-state index is 0.0121. The molecule has 0 saturated heterocycles. The molecule has 1 atom stereocenters. The lowest BCUT2D eigenvalue weighted by molar-refractivity contribution is -0.119. The number of anilines is 1. The van der Waals surface area contributed by atoms with Crippen LogP contribution in [0.2, 0.25) is 5.15 Å². The number of pyridine rings is 1. The van der Waals surface area contributed by atoms with E-state index in [0.29, 0.717) is 17.4 Å². The summed E-state index contributed by atoms with van der Waals surface area (Å²) in [5.74, 6) is -0.0588. The molecule has 1 aromatic rings. The van der Waals surface area contributed by atoms with Gasteiger partial charge in [0, 0.05) is 5.92 Å². The fourth-order valence-electron chi connectivity index (χ4n) is 1.45. The van der Waals surface area contributed by atoms with Crippen LogP contribution < -0.4 is 11.1 Å². The molecule has 4 nitrogen and oxygen atoms in total. The molecule has 1 heterocycles. The standard InChI is InChI=1S/C12H18ClN3O/c1-8(4-3-5-14)12(17)16-10-6-9(2)11(13)15-7-10/h6-8H,3-5,14H2,1-2H3,(H,16,17). The van der Waals surface area contributed by atoms with Gasteiger partial charge < -0.3 is 11.1 Å². The van der Waals surface area contributed by atoms with Gasteiger partial charge in [-0.2, -0.15) is 0 Å². The molecule has 94 valence electrons. The van der Waals surface area contributed by atoms with Gasteiger partial charge in [0.05, 0.1) is 11.9 Å². The number of aromatic nitrogens is 1. The van der Waals surface area contributed by atoms with Crippen molar-refractivity contribution >= 4 is 23.2 Å². The Bertz CT molecular complexity index is 395. The number of carbonyl (C=O) groups excluding carboxylic acids is 1. The molecule has 1 amide bonds. The van der Waals surface area contributed by atoms with Crippen LogP contribution in [-0.2, 0) is 4.79 Å². The molecule has 1 rings (SSSR count). The van der Waals surface area contributed by atoms with Crippen LogP contribution in [0.25, 0.3) is 0 Å². The Labute approximate surface area is 107 Å². The van der Waals surface area contributed by atoms with Gasteiger partial charge in [0.1, 0.15) is 5.15 Å². The van der Waals surface area contributed by atoms with Crippen LogP contribution in [0.5, 0.6) is 0 Å². The molecule has 0 spiro atoms. The lowest BCUT2D eigenvalue weighted by Crippen LogP contribution is -2.21. The average molecular weight is 256 g/mol. The Morgan fingerprint density at radius 1 is 1.65 bits per heavy atom. The Hall–Kier alpha value is -1.13. The van der Waals surface area contributed by atoms with E-state index in [1.165, 1.54) is 0 Å². The molecule has 1 unspecified atom stereocenters. The Balaban J connectivity index is 2.58. The monoisotopic (exact) mass is 255 g/mol. The van der Waals surface area contributed by atoms with E-state index in [4.69, 9.17) is 17.3 Å². The molecule has 0 fully saturated rings. The highest BCUT2D eigenvalue weighted by Crippen LogP contribution is 2.17. The third kappa shape index (κ3) is 4.32. The quantitative estimate of drug-likeness (QED) is 0.794. The van der Waals surface area contributed by atoms with E-state index in [9.17, 15) is 4.79 Å². The first-order valence-corrected chi connectivity index (χ1v) is 6.05. The third-order valence-corrected chi connectivity index (χ3v) is 2.97. The molecule has 0 saturated carbocycles. The molecule has 0 aliphatic carbocycles. The van der Waals surface area contributed by atoms with Gasteiger partial charge in [0.15, 0.2) is 0 Å². The maximum Gasteiger partial charge on any atom is 0.227 e. The predicted octanol–water partition coefficient (Wildman–Crippen LogP) is 2.36. The van der Waals surface area contributed by atoms with Crippen molar-refractivity contribution in [2.75, 3.05) is 11.9 Å². The number of nitrogens with one attached hydrogen (secondary N) is 1. The molecule has 0 aliphatic rings. The number of nitrogens with zero attached hydrogens (tertiary/aromatic N) is 1. The van der Waals surface area contributed by atoms with E-state index in [2.05, 4.69) is 10.3 Å². The van der Waals surface area contributed by atoms with Gasteiger partial charge in [0.25, 0.3) is 0 Å². The van der Waals surface area contributed by atoms with Gasteiger partial charge in [-0.05, 0) is 37.9 Å². The van der Waals surface area contributed by atoms with Crippen molar-refractivity contribution in [2.24, 2.45) is 11.7 Å². The summed E-state index contributed by atoms with van der Waals surface area (Å²) >= 11 is 5.81. The highest BCUT2D eigenvalue weighted by atomic mass is 35.5. The maximum absolute atomic E-state index is 11.8. The molecule has 0 aliphatic heterocycles. The van der Waals surface area contributed by atoms with Crippen molar-refractivity contribution in [1.82, 2.24) is 4.98 Å². The first kappa shape index (κ1) is 13.9. The first-order chi connectivity index (χ1) is 8.04. The number of carbonyl (C=O) groups is 1. The second kappa shape index (κ2) is 6.57. The zero-order valence-electron chi connectivity index (χ0n) is 10.2. The smallest absolute Gasteiger partial charge is 0.227 e. The zero-order chi connectivity index (χ0) is 12.8. The number of hydrogen-bond donors (Lipinski definition) is 2. The average Bonchev–Trinajstić information content (AvgIpc) is 2.30. The highest BCUT2D eigenvalue weighted by Gasteiger charge is 2.12. The molecule has 3 N–H and O–H groups in total. The van der Waals surface area contributed by atoms with Crippen LogP contribution in [0, 0.1) is 12.8 Å². The Morgan fingerprint density at radius 2 is 2.35 bits per heavy atom. The maximum atomic E-state index is 11.8. The fourth-order valence-corrected chi connectivity index (χ4v) is 1.55. The minimum Gasteiger partial charge on any atom is -0.330 e. The third-order valence-electron chi connectivity index (χ3n) is 2.57. The summed E-state index contributed by atoms with van der Waals surface area (Å²) in [6.45, 7) is 4.35. The van der Waals surface area contributed by atoms with Crippen molar-refractivity contribution in [3.63, 3.8) is 0 Å². The zero-order valence-corrected chi connectivity index (χ0v) is 10.9. The predicted molar refractivity (Wildman–Crippen MR) is 70.1 cm³/mol. The molecular formula is C12H18ClN3O. The van der Waals surface area contributed by atoms with E-state index < -0.39 is 0 Å². The first-order valence-electron chi connectivity index (χ1n) is 5.67. The summed E-state index contributed by atoms with van der Waals surface area (Å²) in [5.41, 5.74) is 6.93. The highest BCUT2D eigenvalue weighted by molar-refractivity contribution is 6.30. The normalized spacial score (nSPS) is 12.2. The van der Waals surface area contributed by atoms with E-state index >= 15 is 0 Å². The number of rotatable bonds is 5. The van der Waals surface area contributed by atoms with Crippen molar-refractivity contribution in [3.8, 4) is 0 Å². The number of nitrogens with two attached hydrogens (primary N) is 1. The van der Waals surface area contributed by atoms with Crippen LogP contribution in [0.1, 0.15) is 25.3 Å². The molecule has 5 heteroatoms. The largest absolute Gasteiger partial charge is 0.330 e. The summed E-state index contributed by atoms with van der Waals surface area (Å²) in [6.07, 6.45) is 3.21. The Kier molecular flexibility index (Phi) is 5.38. The van der Waals surface area contributed by atoms with Crippen molar-refractivity contribution in [1.29, 1.82) is 0 Å². The van der Waals surface area contributed by atoms with E-state index in [-0.39, 0.29) is 11.8 Å². The van der Waals surface area contributed by atoms with E-state index in [1.54, 1.807) is 6.20 Å². The summed E-state index contributed by atoms with van der Waals surface area (Å²) < 4.78 is 0. The minimum atomic E-state index is -0.0467. The lowest BCUT2D eigenvalue weighted by atomic mass is 10.0. The number of hydrogen-bond acceptors (Lipinski definition) is 3. The van der Waals surface area contributed by atoms with Gasteiger partial charge in [-0.3, -0.25) is 4.79 Å². The van der Waals surface area contributed by atoms with E-state index in [0.717, 1.165) is 18.4 Å². The fraction of sp³-hybridized carbons (Fsp3) is 0.500. The van der Waals surface area contributed by atoms with Gasteiger partial charge in [-0.25, -0.2) is 4.98 Å². The lowest BCUT2D eigenvalue weighted by Gasteiger charge is -2.11. The van der Waals surface area contributed by atoms with Crippen LogP contribution >= 0.6 is 11.6 Å². The van der Waals surface area contributed by atoms with Gasteiger partial charge >= 0.3 is 0 Å². The van der Waals surface area contributed by atoms with Crippen LogP contribution in [-0.4, -0.2) is 17.4 Å². The second-order valence-electron chi connectivity index (χ2n) is 4.15. The summed E-state index contributed by atoms with van der Waals surface area (Å²) in [6, 6.07) is 1.81. The Morgan fingerprint density at radius 3 is 2.94 bits per heavy atom. The molecule has 17 heavy (non-hydrogen) atoms. The molecule has 0 radical (unpaired) electrons. The summed E-state index contributed by atoms with van der Waals surface area (Å²) in [4.78, 5) is 15.8. The van der Waals surface area contributed by atoms with E-state index in [1.807, 2.05) is 19.9 Å². The van der Waals surface area contributed by atoms with Crippen LogP contribution in [0.4, 0.5) is 5.69 Å². The number of aryl methyl sites for hydroxylation is 1. The molecule has 1 aromatic heterocycles. The molecule has 0 bridgehead atoms. The molecule has 0 aromatic carbocycles. The van der Waals surface area contributed by atoms with Gasteiger partial charge in [0.2, 0.25) is 5.91 Å². The number of amides is 1. The number of halogens is 1. The van der Waals surface area contributed by atoms with Crippen LogP contribution in [0.3, 0.4) is 0 Å². The van der Waals surface area contributed by atoms with Crippen LogP contribution in [0.15, 0.2) is 12.3 Å². The van der Waals surface area contributed by atoms with Crippen molar-refractivity contribution in [2.45, 2.75) is 26.7 Å². The summed E-state index contributed by atoms with van der Waals surface area (Å²) in [7, 11) is 0. The van der Waals surface area contributed by atoms with Gasteiger partial charge in [-0.15, -0.1) is 0 Å². The molecular weight excluding hydrogens is 238 g/mol. The summed E-state index contributed by atoms with van der Waals surface area (Å²) in [5, 5.41) is 3.28. The topological polar surface area (TPSA) is 68.0 Å². The van der Waals surface area contributed by atoms with Gasteiger partial charge in [-0.1, -0.05) is 18.5 Å². The van der Waals surface area contributed by atoms with Crippen molar-refractivity contribution in [3.05, 3.63) is 23.0 Å². The SMILES string of the molecule is Cc1cc(NC(=O)C(C)CCCN)cnc1Cl. The van der Waals surface area contributed by atoms with Crippen molar-refractivity contribution < 1.29 is 4.79 Å².